The molecule has 0 heterocycles. The summed E-state index contributed by atoms with van der Waals surface area (Å²) < 4.78 is 0. The van der Waals surface area contributed by atoms with Gasteiger partial charge in [0.05, 0.1) is 0 Å². The van der Waals surface area contributed by atoms with Gasteiger partial charge in [0.1, 0.15) is 8.07 Å². The number of allylic oxidation sites excluding steroid dienone is 2. The second-order valence-electron chi connectivity index (χ2n) is 7.30. The van der Waals surface area contributed by atoms with E-state index in [1.54, 1.807) is 10.4 Å². The molecule has 1 atom stereocenters. The normalized spacial score (nSPS) is 14.2. The van der Waals surface area contributed by atoms with E-state index < -0.39 is 16.1 Å². The van der Waals surface area contributed by atoms with Crippen molar-refractivity contribution in [1.82, 2.24) is 0 Å². The summed E-state index contributed by atoms with van der Waals surface area (Å²) >= 11 is 0. The molecule has 2 aromatic rings. The molecule has 0 saturated carbocycles. The highest BCUT2D eigenvalue weighted by molar-refractivity contribution is 7.11. The van der Waals surface area contributed by atoms with Crippen LogP contribution < -0.4 is 10.4 Å². The van der Waals surface area contributed by atoms with E-state index >= 15 is 0 Å². The molecule has 0 aliphatic rings. The Kier molecular flexibility index (Phi) is 5.25. The fourth-order valence-corrected chi connectivity index (χ4v) is 15.7. The average molecular weight is 325 g/mol. The summed E-state index contributed by atoms with van der Waals surface area (Å²) in [6.07, 6.45) is 4.76. The lowest BCUT2D eigenvalue weighted by atomic mass is 10.4. The molecule has 0 radical (unpaired) electrons. The van der Waals surface area contributed by atoms with Crippen LogP contribution in [0.5, 0.6) is 0 Å². The lowest BCUT2D eigenvalue weighted by Crippen LogP contribution is -2.63. The van der Waals surface area contributed by atoms with Gasteiger partial charge in [0.2, 0.25) is 0 Å². The van der Waals surface area contributed by atoms with E-state index in [-0.39, 0.29) is 0 Å². The predicted octanol–water partition coefficient (Wildman–Crippen LogP) is 4.70. The van der Waals surface area contributed by atoms with Gasteiger partial charge >= 0.3 is 0 Å². The van der Waals surface area contributed by atoms with Gasteiger partial charge < -0.3 is 0 Å². The van der Waals surface area contributed by atoms with Gasteiger partial charge in [-0.15, -0.1) is 0 Å². The van der Waals surface area contributed by atoms with Crippen molar-refractivity contribution >= 4 is 26.5 Å². The summed E-state index contributed by atoms with van der Waals surface area (Å²) in [5.41, 5.74) is 0. The first-order valence-electron chi connectivity index (χ1n) is 8.14. The Hall–Kier alpha value is -1.39. The quantitative estimate of drug-likeness (QED) is 0.552. The Bertz CT molecular complexity index is 570. The molecule has 0 aromatic heterocycles. The molecule has 2 rings (SSSR count). The zero-order chi connectivity index (χ0) is 16.2. The first kappa shape index (κ1) is 17.0. The van der Waals surface area contributed by atoms with E-state index in [9.17, 15) is 0 Å². The van der Waals surface area contributed by atoms with Crippen LogP contribution in [0, 0.1) is 0 Å². The molecule has 0 nitrogen and oxygen atoms in total. The summed E-state index contributed by atoms with van der Waals surface area (Å²) in [6.45, 7) is 12.2. The third-order valence-electron chi connectivity index (χ3n) is 4.69. The van der Waals surface area contributed by atoms with Gasteiger partial charge in [-0.25, -0.2) is 0 Å². The highest BCUT2D eigenvalue weighted by Gasteiger charge is 2.44. The molecule has 0 aliphatic carbocycles. The summed E-state index contributed by atoms with van der Waals surface area (Å²) in [6, 6.07) is 22.4. The van der Waals surface area contributed by atoms with Crippen molar-refractivity contribution in [1.29, 1.82) is 0 Å². The minimum Gasteiger partial charge on any atom is -0.0919 e. The van der Waals surface area contributed by atoms with E-state index in [0.29, 0.717) is 5.16 Å². The molecular weight excluding hydrogens is 296 g/mol. The van der Waals surface area contributed by atoms with E-state index in [1.807, 2.05) is 0 Å². The smallest absolute Gasteiger partial charge is 0.0919 e. The van der Waals surface area contributed by atoms with E-state index in [1.165, 1.54) is 0 Å². The molecule has 2 heteroatoms. The molecule has 22 heavy (non-hydrogen) atoms. The predicted molar refractivity (Wildman–Crippen MR) is 106 cm³/mol. The second-order valence-corrected chi connectivity index (χ2v) is 17.4. The monoisotopic (exact) mass is 324 g/mol. The average Bonchev–Trinajstić information content (AvgIpc) is 2.52. The third kappa shape index (κ3) is 3.33. The number of hydrogen-bond donors (Lipinski definition) is 0. The van der Waals surface area contributed by atoms with Gasteiger partial charge in [0, 0.05) is 8.07 Å². The Labute approximate surface area is 137 Å². The lowest BCUT2D eigenvalue weighted by Gasteiger charge is -2.42. The van der Waals surface area contributed by atoms with Crippen molar-refractivity contribution in [2.45, 2.75) is 38.3 Å². The number of hydrogen-bond acceptors (Lipinski definition) is 0. The highest BCUT2D eigenvalue weighted by atomic mass is 28.4. The SMILES string of the molecule is CC=CC([Si](C)(C)C)[Si](C)(c1ccccc1)c1ccccc1. The summed E-state index contributed by atoms with van der Waals surface area (Å²) in [7, 11) is -3.15. The van der Waals surface area contributed by atoms with E-state index in [4.69, 9.17) is 0 Å². The maximum Gasteiger partial charge on any atom is 0.119 e. The highest BCUT2D eigenvalue weighted by Crippen LogP contribution is 2.33. The first-order valence-corrected chi connectivity index (χ1v) is 14.3. The minimum absolute atomic E-state index is 0.690. The lowest BCUT2D eigenvalue weighted by molar-refractivity contribution is 1.32. The van der Waals surface area contributed by atoms with E-state index in [0.717, 1.165) is 0 Å². The van der Waals surface area contributed by atoms with Gasteiger partial charge in [-0.05, 0) is 12.1 Å². The minimum atomic E-state index is -1.81. The molecule has 0 spiro atoms. The fourth-order valence-electron chi connectivity index (χ4n) is 3.63. The molecule has 0 aliphatic heterocycles. The Morgan fingerprint density at radius 3 is 1.45 bits per heavy atom. The van der Waals surface area contributed by atoms with E-state index in [2.05, 4.69) is 106 Å². The van der Waals surface area contributed by atoms with Crippen LogP contribution in [0.4, 0.5) is 0 Å². The third-order valence-corrected chi connectivity index (χ3v) is 15.6. The zero-order valence-electron chi connectivity index (χ0n) is 14.5. The summed E-state index contributed by atoms with van der Waals surface area (Å²) in [5, 5.41) is 3.79. The van der Waals surface area contributed by atoms with Gasteiger partial charge in [-0.2, -0.15) is 0 Å². The van der Waals surface area contributed by atoms with Crippen LogP contribution in [0.15, 0.2) is 72.8 Å². The van der Waals surface area contributed by atoms with Crippen LogP contribution in [0.3, 0.4) is 0 Å². The van der Waals surface area contributed by atoms with Gasteiger partial charge in [-0.1, -0.05) is 109 Å². The summed E-state index contributed by atoms with van der Waals surface area (Å²) in [5.74, 6) is 0. The van der Waals surface area contributed by atoms with Crippen LogP contribution >= 0.6 is 0 Å². The van der Waals surface area contributed by atoms with Crippen LogP contribution in [-0.4, -0.2) is 16.1 Å². The van der Waals surface area contributed by atoms with Crippen molar-refractivity contribution in [3.8, 4) is 0 Å². The molecule has 0 amide bonds. The molecule has 0 N–H and O–H groups in total. The molecule has 0 fully saturated rings. The Balaban J connectivity index is 2.70. The Morgan fingerprint density at radius 1 is 0.727 bits per heavy atom. The zero-order valence-corrected chi connectivity index (χ0v) is 16.5. The largest absolute Gasteiger partial charge is 0.119 e. The van der Waals surface area contributed by atoms with Crippen LogP contribution in [0.1, 0.15) is 6.92 Å². The van der Waals surface area contributed by atoms with Crippen molar-refractivity contribution in [3.05, 3.63) is 72.8 Å². The standard InChI is InChI=1S/C20H28Si2/c1-6-13-20(21(2,3)4)22(5,18-14-9-7-10-15-18)19-16-11-8-12-17-19/h6-17,20H,1-5H3. The summed E-state index contributed by atoms with van der Waals surface area (Å²) in [4.78, 5) is 0. The molecule has 2 aromatic carbocycles. The van der Waals surface area contributed by atoms with Gasteiger partial charge in [0.15, 0.2) is 0 Å². The topological polar surface area (TPSA) is 0 Å². The van der Waals surface area contributed by atoms with Crippen molar-refractivity contribution in [2.24, 2.45) is 0 Å². The molecule has 0 saturated heterocycles. The van der Waals surface area contributed by atoms with Crippen molar-refractivity contribution < 1.29 is 0 Å². The van der Waals surface area contributed by atoms with Crippen molar-refractivity contribution in [3.63, 3.8) is 0 Å². The van der Waals surface area contributed by atoms with Crippen LogP contribution in [0.2, 0.25) is 31.4 Å². The first-order chi connectivity index (χ1) is 10.4. The number of rotatable bonds is 5. The van der Waals surface area contributed by atoms with Gasteiger partial charge in [0.25, 0.3) is 0 Å². The van der Waals surface area contributed by atoms with Crippen molar-refractivity contribution in [2.75, 3.05) is 0 Å². The van der Waals surface area contributed by atoms with Crippen LogP contribution in [0.25, 0.3) is 0 Å². The molecule has 1 unspecified atom stereocenters. The van der Waals surface area contributed by atoms with Crippen LogP contribution in [-0.2, 0) is 0 Å². The molecular formula is C20H28Si2. The van der Waals surface area contributed by atoms with Gasteiger partial charge in [-0.3, -0.25) is 0 Å². The second kappa shape index (κ2) is 6.80. The maximum absolute atomic E-state index is 2.56. The molecule has 116 valence electrons. The Morgan fingerprint density at radius 2 is 1.14 bits per heavy atom. The molecule has 0 bridgehead atoms. The maximum atomic E-state index is 2.56. The fraction of sp³-hybridized carbons (Fsp3) is 0.300. The number of benzene rings is 2.